The van der Waals surface area contributed by atoms with Gasteiger partial charge in [0.1, 0.15) is 0 Å². The van der Waals surface area contributed by atoms with Crippen molar-refractivity contribution in [3.8, 4) is 0 Å². The molecule has 2 rings (SSSR count). The SMILES string of the molecule is CN1C(=O)[C@H]2CC(CO)C[C@H]2C1=O. The van der Waals surface area contributed by atoms with Crippen LogP contribution in [0.3, 0.4) is 0 Å². The maximum Gasteiger partial charge on any atom is 0.232 e. The molecule has 1 unspecified atom stereocenters. The van der Waals surface area contributed by atoms with E-state index in [2.05, 4.69) is 0 Å². The molecule has 0 aromatic rings. The predicted octanol–water partition coefficient (Wildman–Crippen LogP) is -0.380. The van der Waals surface area contributed by atoms with Gasteiger partial charge in [-0.3, -0.25) is 14.5 Å². The first-order valence-electron chi connectivity index (χ1n) is 4.57. The lowest BCUT2D eigenvalue weighted by atomic mass is 10.00. The quantitative estimate of drug-likeness (QED) is 0.564. The molecule has 1 N–H and O–H groups in total. The summed E-state index contributed by atoms with van der Waals surface area (Å²) in [5.74, 6) is -0.266. The number of likely N-dealkylation sites (tertiary alicyclic amines) is 1. The molecule has 72 valence electrons. The molecule has 4 heteroatoms. The first-order valence-corrected chi connectivity index (χ1v) is 4.57. The summed E-state index contributed by atoms with van der Waals surface area (Å²) in [6.45, 7) is 0.0945. The second-order valence-corrected chi connectivity index (χ2v) is 3.97. The average molecular weight is 183 g/mol. The molecule has 13 heavy (non-hydrogen) atoms. The van der Waals surface area contributed by atoms with E-state index >= 15 is 0 Å². The molecule has 0 aromatic carbocycles. The zero-order valence-electron chi connectivity index (χ0n) is 7.56. The van der Waals surface area contributed by atoms with Gasteiger partial charge in [-0.2, -0.15) is 0 Å². The molecule has 0 aromatic heterocycles. The molecule has 0 spiro atoms. The van der Waals surface area contributed by atoms with Gasteiger partial charge in [-0.05, 0) is 18.8 Å². The minimum absolute atomic E-state index is 0.0639. The zero-order valence-corrected chi connectivity index (χ0v) is 7.56. The third-order valence-corrected chi connectivity index (χ3v) is 3.21. The van der Waals surface area contributed by atoms with Crippen LogP contribution in [0.25, 0.3) is 0 Å². The van der Waals surface area contributed by atoms with Crippen molar-refractivity contribution in [1.29, 1.82) is 0 Å². The number of carbonyl (C=O) groups excluding carboxylic acids is 2. The van der Waals surface area contributed by atoms with Crippen molar-refractivity contribution in [2.45, 2.75) is 12.8 Å². The smallest absolute Gasteiger partial charge is 0.232 e. The molecule has 1 saturated carbocycles. The highest BCUT2D eigenvalue weighted by Crippen LogP contribution is 2.42. The van der Waals surface area contributed by atoms with Crippen LogP contribution in [0.15, 0.2) is 0 Å². The summed E-state index contributed by atoms with van der Waals surface area (Å²) in [4.78, 5) is 24.2. The number of carbonyl (C=O) groups is 2. The van der Waals surface area contributed by atoms with Gasteiger partial charge in [-0.15, -0.1) is 0 Å². The number of hydrogen-bond donors (Lipinski definition) is 1. The molecule has 0 radical (unpaired) electrons. The molecular weight excluding hydrogens is 170 g/mol. The lowest BCUT2D eigenvalue weighted by molar-refractivity contribution is -0.138. The molecular formula is C9H13NO3. The van der Waals surface area contributed by atoms with Crippen LogP contribution in [0.1, 0.15) is 12.8 Å². The van der Waals surface area contributed by atoms with Gasteiger partial charge in [0, 0.05) is 13.7 Å². The lowest BCUT2D eigenvalue weighted by Crippen LogP contribution is -2.28. The maximum atomic E-state index is 11.5. The van der Waals surface area contributed by atoms with Crippen LogP contribution >= 0.6 is 0 Å². The Balaban J connectivity index is 2.18. The van der Waals surface area contributed by atoms with Crippen LogP contribution in [0.5, 0.6) is 0 Å². The minimum atomic E-state index is -0.144. The highest BCUT2D eigenvalue weighted by Gasteiger charge is 2.50. The fourth-order valence-corrected chi connectivity index (χ4v) is 2.44. The minimum Gasteiger partial charge on any atom is -0.396 e. The fraction of sp³-hybridized carbons (Fsp3) is 0.778. The van der Waals surface area contributed by atoms with Crippen molar-refractivity contribution >= 4 is 11.8 Å². The Morgan fingerprint density at radius 2 is 1.77 bits per heavy atom. The number of aliphatic hydroxyl groups is 1. The van der Waals surface area contributed by atoms with E-state index in [9.17, 15) is 9.59 Å². The maximum absolute atomic E-state index is 11.5. The van der Waals surface area contributed by atoms with Crippen molar-refractivity contribution in [2.24, 2.45) is 17.8 Å². The summed E-state index contributed by atoms with van der Waals surface area (Å²) in [5.41, 5.74) is 0. The molecule has 4 nitrogen and oxygen atoms in total. The fourth-order valence-electron chi connectivity index (χ4n) is 2.44. The Morgan fingerprint density at radius 1 is 1.31 bits per heavy atom. The zero-order chi connectivity index (χ0) is 9.59. The highest BCUT2D eigenvalue weighted by atomic mass is 16.3. The molecule has 1 aliphatic heterocycles. The molecule has 3 atom stereocenters. The van der Waals surface area contributed by atoms with E-state index in [1.165, 1.54) is 11.9 Å². The average Bonchev–Trinajstić information content (AvgIpc) is 2.64. The van der Waals surface area contributed by atoms with E-state index in [4.69, 9.17) is 5.11 Å². The first-order chi connectivity index (χ1) is 6.15. The Bertz CT molecular complexity index is 240. The van der Waals surface area contributed by atoms with Crippen LogP contribution in [0.4, 0.5) is 0 Å². The predicted molar refractivity (Wildman–Crippen MR) is 44.6 cm³/mol. The monoisotopic (exact) mass is 183 g/mol. The van der Waals surface area contributed by atoms with Gasteiger partial charge in [0.2, 0.25) is 11.8 Å². The summed E-state index contributed by atoms with van der Waals surface area (Å²) < 4.78 is 0. The summed E-state index contributed by atoms with van der Waals surface area (Å²) in [6, 6.07) is 0. The number of hydrogen-bond acceptors (Lipinski definition) is 3. The van der Waals surface area contributed by atoms with Crippen LogP contribution in [0.2, 0.25) is 0 Å². The first kappa shape index (κ1) is 8.69. The van der Waals surface area contributed by atoms with Gasteiger partial charge in [0.05, 0.1) is 11.8 Å². The summed E-state index contributed by atoms with van der Waals surface area (Å²) >= 11 is 0. The highest BCUT2D eigenvalue weighted by molar-refractivity contribution is 6.05. The largest absolute Gasteiger partial charge is 0.396 e. The molecule has 1 saturated heterocycles. The van der Waals surface area contributed by atoms with Crippen LogP contribution in [-0.2, 0) is 9.59 Å². The topological polar surface area (TPSA) is 57.6 Å². The van der Waals surface area contributed by atoms with Crippen molar-refractivity contribution in [1.82, 2.24) is 4.90 Å². The van der Waals surface area contributed by atoms with Gasteiger partial charge in [-0.1, -0.05) is 0 Å². The van der Waals surface area contributed by atoms with E-state index in [1.54, 1.807) is 0 Å². The van der Waals surface area contributed by atoms with Crippen molar-refractivity contribution in [3.05, 3.63) is 0 Å². The van der Waals surface area contributed by atoms with Crippen LogP contribution in [0, 0.1) is 17.8 Å². The van der Waals surface area contributed by atoms with E-state index in [0.29, 0.717) is 12.8 Å². The van der Waals surface area contributed by atoms with Crippen LogP contribution < -0.4 is 0 Å². The van der Waals surface area contributed by atoms with E-state index in [-0.39, 0.29) is 36.2 Å². The second-order valence-electron chi connectivity index (χ2n) is 3.97. The number of rotatable bonds is 1. The van der Waals surface area contributed by atoms with Gasteiger partial charge in [-0.25, -0.2) is 0 Å². The van der Waals surface area contributed by atoms with E-state index in [1.807, 2.05) is 0 Å². The standard InChI is InChI=1S/C9H13NO3/c1-10-8(12)6-2-5(4-11)3-7(6)9(10)13/h5-7,11H,2-4H2,1H3/t5?,6-,7+. The van der Waals surface area contributed by atoms with Gasteiger partial charge in [0.25, 0.3) is 0 Å². The number of aliphatic hydroxyl groups excluding tert-OH is 1. The summed E-state index contributed by atoms with van der Waals surface area (Å²) in [5, 5.41) is 8.92. The Morgan fingerprint density at radius 3 is 2.15 bits per heavy atom. The van der Waals surface area contributed by atoms with Crippen molar-refractivity contribution in [3.63, 3.8) is 0 Å². The normalized spacial score (nSPS) is 38.6. The molecule has 2 amide bonds. The lowest BCUT2D eigenvalue weighted by Gasteiger charge is -2.10. The third-order valence-electron chi connectivity index (χ3n) is 3.21. The van der Waals surface area contributed by atoms with E-state index in [0.717, 1.165) is 0 Å². The number of fused-ring (bicyclic) bond motifs is 1. The summed E-state index contributed by atoms with van der Waals surface area (Å²) in [6.07, 6.45) is 1.35. The Hall–Kier alpha value is -0.900. The molecule has 1 aliphatic carbocycles. The number of nitrogens with zero attached hydrogens (tertiary/aromatic N) is 1. The van der Waals surface area contributed by atoms with Crippen molar-refractivity contribution < 1.29 is 14.7 Å². The van der Waals surface area contributed by atoms with Gasteiger partial charge < -0.3 is 5.11 Å². The second kappa shape index (κ2) is 2.80. The Kier molecular flexibility index (Phi) is 1.87. The van der Waals surface area contributed by atoms with Gasteiger partial charge >= 0.3 is 0 Å². The van der Waals surface area contributed by atoms with Crippen LogP contribution in [-0.4, -0.2) is 35.5 Å². The molecule has 1 heterocycles. The number of imide groups is 1. The molecule has 0 bridgehead atoms. The molecule has 2 aliphatic rings. The van der Waals surface area contributed by atoms with Gasteiger partial charge in [0.15, 0.2) is 0 Å². The summed E-state index contributed by atoms with van der Waals surface area (Å²) in [7, 11) is 1.54. The van der Waals surface area contributed by atoms with Crippen molar-refractivity contribution in [2.75, 3.05) is 13.7 Å². The third kappa shape index (κ3) is 1.09. The molecule has 2 fully saturated rings. The Labute approximate surface area is 76.5 Å². The van der Waals surface area contributed by atoms with E-state index < -0.39 is 0 Å². The number of amides is 2.